The second-order valence-electron chi connectivity index (χ2n) is 5.37. The lowest BCUT2D eigenvalue weighted by molar-refractivity contribution is -0.143. The molecule has 27 heavy (non-hydrogen) atoms. The van der Waals surface area contributed by atoms with Crippen LogP contribution in [0.4, 0.5) is 18.9 Å². The van der Waals surface area contributed by atoms with Gasteiger partial charge in [0.2, 0.25) is 5.91 Å². The van der Waals surface area contributed by atoms with Crippen LogP contribution in [-0.4, -0.2) is 34.3 Å². The zero-order chi connectivity index (χ0) is 19.5. The molecular weight excluding hydrogens is 389 g/mol. The maximum Gasteiger partial charge on any atom is 0.434 e. The maximum atomic E-state index is 13.5. The largest absolute Gasteiger partial charge is 0.462 e. The molecule has 0 aliphatic heterocycles. The minimum Gasteiger partial charge on any atom is -0.462 e. The molecule has 0 radical (unpaired) electrons. The van der Waals surface area contributed by atoms with Crippen molar-refractivity contribution in [2.45, 2.75) is 26.1 Å². The summed E-state index contributed by atoms with van der Waals surface area (Å²) in [7, 11) is 0. The number of carbonyl (C=O) groups excluding carboxylic acids is 2. The van der Waals surface area contributed by atoms with Gasteiger partial charge in [0, 0.05) is 5.69 Å². The Morgan fingerprint density at radius 2 is 2.04 bits per heavy atom. The van der Waals surface area contributed by atoms with Crippen molar-refractivity contribution in [3.8, 4) is 5.69 Å². The Morgan fingerprint density at radius 1 is 1.37 bits per heavy atom. The molecule has 1 atom stereocenters. The van der Waals surface area contributed by atoms with Gasteiger partial charge in [-0.1, -0.05) is 6.07 Å². The number of aromatic nitrogens is 2. The summed E-state index contributed by atoms with van der Waals surface area (Å²) in [5.41, 5.74) is 3.75. The number of nitrogens with two attached hydrogens (primary N) is 1. The number of ether oxygens (including phenoxy) is 1. The fraction of sp³-hybridized carbons (Fsp3) is 0.312. The topological polar surface area (TPSA) is 99.2 Å². The predicted molar refractivity (Wildman–Crippen MR) is 94.0 cm³/mol. The Balaban J connectivity index is 0.00000364. The molecule has 0 aliphatic carbocycles. The van der Waals surface area contributed by atoms with Crippen molar-refractivity contribution in [2.24, 2.45) is 5.73 Å². The standard InChI is InChI=1S/C16H17F3N4O3.ClH/c1-3-26-15(25)12-8-21-23(13(12)16(17,18)19)11-6-4-5-10(7-11)22-14(24)9(2)20;/h4-9H,3,20H2,1-2H3,(H,22,24);1H/t9-;/m0./s1. The van der Waals surface area contributed by atoms with E-state index in [0.717, 1.165) is 6.20 Å². The van der Waals surface area contributed by atoms with Crippen LogP contribution < -0.4 is 11.1 Å². The van der Waals surface area contributed by atoms with Crippen molar-refractivity contribution in [1.82, 2.24) is 9.78 Å². The second-order valence-corrected chi connectivity index (χ2v) is 5.37. The minimum atomic E-state index is -4.84. The molecule has 1 aromatic heterocycles. The number of amides is 1. The van der Waals surface area contributed by atoms with Gasteiger partial charge < -0.3 is 15.8 Å². The number of esters is 1. The molecule has 2 rings (SSSR count). The first-order valence-corrected chi connectivity index (χ1v) is 7.64. The fourth-order valence-electron chi connectivity index (χ4n) is 2.15. The van der Waals surface area contributed by atoms with E-state index in [2.05, 4.69) is 15.2 Å². The molecule has 0 fully saturated rings. The summed E-state index contributed by atoms with van der Waals surface area (Å²) in [6.07, 6.45) is -4.04. The first-order valence-electron chi connectivity index (χ1n) is 7.64. The number of hydrogen-bond acceptors (Lipinski definition) is 5. The summed E-state index contributed by atoms with van der Waals surface area (Å²) < 4.78 is 45.7. The van der Waals surface area contributed by atoms with Crippen molar-refractivity contribution in [2.75, 3.05) is 11.9 Å². The van der Waals surface area contributed by atoms with E-state index in [9.17, 15) is 22.8 Å². The van der Waals surface area contributed by atoms with E-state index in [1.165, 1.54) is 38.1 Å². The van der Waals surface area contributed by atoms with Crippen LogP contribution in [0.3, 0.4) is 0 Å². The Hall–Kier alpha value is -2.59. The molecule has 0 saturated heterocycles. The summed E-state index contributed by atoms with van der Waals surface area (Å²) in [5, 5.41) is 6.15. The highest BCUT2D eigenvalue weighted by Crippen LogP contribution is 2.34. The van der Waals surface area contributed by atoms with E-state index < -0.39 is 35.4 Å². The predicted octanol–water partition coefficient (Wildman–Crippen LogP) is 2.78. The van der Waals surface area contributed by atoms with Gasteiger partial charge in [0.15, 0.2) is 5.69 Å². The number of rotatable bonds is 5. The van der Waals surface area contributed by atoms with Crippen molar-refractivity contribution < 1.29 is 27.5 Å². The lowest BCUT2D eigenvalue weighted by atomic mass is 10.2. The van der Waals surface area contributed by atoms with Gasteiger partial charge in [-0.2, -0.15) is 18.3 Å². The molecule has 2 aromatic rings. The van der Waals surface area contributed by atoms with Gasteiger partial charge in [-0.05, 0) is 32.0 Å². The highest BCUT2D eigenvalue weighted by molar-refractivity contribution is 5.94. The third-order valence-corrected chi connectivity index (χ3v) is 3.30. The number of alkyl halides is 3. The Kier molecular flexibility index (Phi) is 7.37. The van der Waals surface area contributed by atoms with Crippen LogP contribution in [0.1, 0.15) is 29.9 Å². The molecule has 0 bridgehead atoms. The van der Waals surface area contributed by atoms with Crippen LogP contribution in [0.15, 0.2) is 30.5 Å². The third-order valence-electron chi connectivity index (χ3n) is 3.30. The van der Waals surface area contributed by atoms with Gasteiger partial charge in [-0.25, -0.2) is 9.48 Å². The van der Waals surface area contributed by atoms with Crippen LogP contribution in [0.5, 0.6) is 0 Å². The number of benzene rings is 1. The lowest BCUT2D eigenvalue weighted by Crippen LogP contribution is -2.32. The Bertz CT molecular complexity index is 821. The molecular formula is C16H18ClF3N4O3. The number of nitrogens with zero attached hydrogens (tertiary/aromatic N) is 2. The van der Waals surface area contributed by atoms with E-state index in [-0.39, 0.29) is 30.4 Å². The molecule has 0 unspecified atom stereocenters. The average Bonchev–Trinajstić information content (AvgIpc) is 3.00. The van der Waals surface area contributed by atoms with E-state index in [1.807, 2.05) is 0 Å². The van der Waals surface area contributed by atoms with Crippen LogP contribution in [-0.2, 0) is 15.7 Å². The van der Waals surface area contributed by atoms with Crippen molar-refractivity contribution >= 4 is 30.0 Å². The lowest BCUT2D eigenvalue weighted by Gasteiger charge is -2.14. The van der Waals surface area contributed by atoms with Crippen LogP contribution in [0, 0.1) is 0 Å². The molecule has 0 spiro atoms. The summed E-state index contributed by atoms with van der Waals surface area (Å²) in [6, 6.07) is 4.80. The minimum absolute atomic E-state index is 0. The second kappa shape index (κ2) is 8.87. The SMILES string of the molecule is CCOC(=O)c1cnn(-c2cccc(NC(=O)[C@H](C)N)c2)c1C(F)(F)F.Cl. The zero-order valence-electron chi connectivity index (χ0n) is 14.4. The summed E-state index contributed by atoms with van der Waals surface area (Å²) >= 11 is 0. The van der Waals surface area contributed by atoms with Crippen LogP contribution in [0.25, 0.3) is 5.69 Å². The maximum absolute atomic E-state index is 13.5. The van der Waals surface area contributed by atoms with Gasteiger partial charge in [-0.15, -0.1) is 12.4 Å². The van der Waals surface area contributed by atoms with Gasteiger partial charge in [0.1, 0.15) is 5.56 Å². The van der Waals surface area contributed by atoms with Gasteiger partial charge >= 0.3 is 12.1 Å². The van der Waals surface area contributed by atoms with Gasteiger partial charge in [-0.3, -0.25) is 4.79 Å². The Morgan fingerprint density at radius 3 is 2.59 bits per heavy atom. The van der Waals surface area contributed by atoms with Gasteiger partial charge in [0.25, 0.3) is 0 Å². The monoisotopic (exact) mass is 406 g/mol. The molecule has 148 valence electrons. The van der Waals surface area contributed by atoms with E-state index in [0.29, 0.717) is 4.68 Å². The van der Waals surface area contributed by atoms with Gasteiger partial charge in [0.05, 0.1) is 24.5 Å². The van der Waals surface area contributed by atoms with E-state index in [4.69, 9.17) is 5.73 Å². The normalized spacial score (nSPS) is 12.1. The van der Waals surface area contributed by atoms with Crippen molar-refractivity contribution in [3.05, 3.63) is 41.7 Å². The van der Waals surface area contributed by atoms with Crippen LogP contribution >= 0.6 is 12.4 Å². The Labute approximate surface area is 159 Å². The number of anilines is 1. The number of halogens is 4. The summed E-state index contributed by atoms with van der Waals surface area (Å²) in [5.74, 6) is -1.61. The molecule has 3 N–H and O–H groups in total. The quantitative estimate of drug-likeness (QED) is 0.744. The molecule has 1 aromatic carbocycles. The summed E-state index contributed by atoms with van der Waals surface area (Å²) in [4.78, 5) is 23.4. The number of nitrogens with one attached hydrogen (secondary N) is 1. The molecule has 7 nitrogen and oxygen atoms in total. The van der Waals surface area contributed by atoms with Crippen molar-refractivity contribution in [3.63, 3.8) is 0 Å². The highest BCUT2D eigenvalue weighted by atomic mass is 35.5. The first-order chi connectivity index (χ1) is 12.1. The number of hydrogen-bond donors (Lipinski definition) is 2. The zero-order valence-corrected chi connectivity index (χ0v) is 15.2. The molecule has 11 heteroatoms. The highest BCUT2D eigenvalue weighted by Gasteiger charge is 2.41. The van der Waals surface area contributed by atoms with Crippen molar-refractivity contribution in [1.29, 1.82) is 0 Å². The smallest absolute Gasteiger partial charge is 0.434 e. The van der Waals surface area contributed by atoms with Crippen LogP contribution in [0.2, 0.25) is 0 Å². The molecule has 1 heterocycles. The van der Waals surface area contributed by atoms with E-state index >= 15 is 0 Å². The fourth-order valence-corrected chi connectivity index (χ4v) is 2.15. The molecule has 0 saturated carbocycles. The number of carbonyl (C=O) groups is 2. The van der Waals surface area contributed by atoms with E-state index in [1.54, 1.807) is 0 Å². The summed E-state index contributed by atoms with van der Waals surface area (Å²) in [6.45, 7) is 2.89. The molecule has 0 aliphatic rings. The molecule has 1 amide bonds. The first kappa shape index (κ1) is 22.5. The third kappa shape index (κ3) is 5.20. The average molecular weight is 407 g/mol.